The van der Waals surface area contributed by atoms with E-state index < -0.39 is 6.17 Å². The minimum atomic E-state index is -1.08. The largest absolute Gasteiger partial charge is 0.242 e. The summed E-state index contributed by atoms with van der Waals surface area (Å²) in [4.78, 5) is 0. The van der Waals surface area contributed by atoms with Crippen LogP contribution in [0.2, 0.25) is 5.15 Å². The molecule has 1 atom stereocenters. The summed E-state index contributed by atoms with van der Waals surface area (Å²) < 4.78 is 12.5. The Morgan fingerprint density at radius 1 is 1.70 bits per heavy atom. The number of hydrogen-bond donors (Lipinski definition) is 0. The molecule has 0 N–H and O–H groups in total. The predicted molar refractivity (Wildman–Crippen MR) is 36.6 cm³/mol. The molecule has 54 valence electrons. The third-order valence-corrected chi connectivity index (χ3v) is 1.43. The second-order valence-corrected chi connectivity index (χ2v) is 2.25. The predicted octanol–water partition coefficient (Wildman–Crippen LogP) is 2.16. The molecule has 0 bridgehead atoms. The molecule has 2 nitrogen and oxygen atoms in total. The quantitative estimate of drug-likeness (QED) is 0.629. The Morgan fingerprint density at radius 2 is 2.40 bits per heavy atom. The van der Waals surface area contributed by atoms with Gasteiger partial charge in [0.25, 0.3) is 0 Å². The topological polar surface area (TPSA) is 25.8 Å². The van der Waals surface area contributed by atoms with E-state index in [-0.39, 0.29) is 5.15 Å². The standard InChI is InChI=1S/C6H6ClFN2/c1-4(8)5-2-3-9-10-6(5)7/h2-4H,1H3. The number of aromatic nitrogens is 2. The lowest BCUT2D eigenvalue weighted by Crippen LogP contribution is -1.90. The van der Waals surface area contributed by atoms with Crippen LogP contribution in [0.15, 0.2) is 12.3 Å². The van der Waals surface area contributed by atoms with E-state index in [0.717, 1.165) is 0 Å². The summed E-state index contributed by atoms with van der Waals surface area (Å²) in [5.41, 5.74) is 0.386. The Labute approximate surface area is 63.0 Å². The van der Waals surface area contributed by atoms with Crippen molar-refractivity contribution in [2.24, 2.45) is 0 Å². The van der Waals surface area contributed by atoms with Crippen molar-refractivity contribution >= 4 is 11.6 Å². The van der Waals surface area contributed by atoms with Crippen LogP contribution < -0.4 is 0 Å². The van der Waals surface area contributed by atoms with Gasteiger partial charge in [-0.3, -0.25) is 0 Å². The molecule has 0 amide bonds. The molecule has 0 aliphatic carbocycles. The first-order valence-electron chi connectivity index (χ1n) is 2.83. The zero-order valence-corrected chi connectivity index (χ0v) is 6.14. The number of alkyl halides is 1. The summed E-state index contributed by atoms with van der Waals surface area (Å²) in [6.07, 6.45) is 0.333. The Kier molecular flexibility index (Phi) is 2.17. The molecule has 0 aliphatic heterocycles. The summed E-state index contributed by atoms with van der Waals surface area (Å²) in [5, 5.41) is 7.09. The van der Waals surface area contributed by atoms with Crippen LogP contribution in [0.25, 0.3) is 0 Å². The maximum absolute atomic E-state index is 12.5. The Morgan fingerprint density at radius 3 is 2.80 bits per heavy atom. The van der Waals surface area contributed by atoms with E-state index in [1.165, 1.54) is 19.2 Å². The first-order chi connectivity index (χ1) is 4.72. The number of nitrogens with zero attached hydrogens (tertiary/aromatic N) is 2. The second-order valence-electron chi connectivity index (χ2n) is 1.89. The lowest BCUT2D eigenvalue weighted by molar-refractivity contribution is 0.373. The first kappa shape index (κ1) is 7.41. The zero-order valence-electron chi connectivity index (χ0n) is 5.38. The molecule has 0 fully saturated rings. The molecule has 0 saturated carbocycles. The summed E-state index contributed by atoms with van der Waals surface area (Å²) in [5.74, 6) is 0. The molecule has 0 radical (unpaired) electrons. The van der Waals surface area contributed by atoms with Gasteiger partial charge in [0.05, 0.1) is 6.20 Å². The molecule has 0 spiro atoms. The molecule has 0 aliphatic rings. The highest BCUT2D eigenvalue weighted by molar-refractivity contribution is 6.30. The van der Waals surface area contributed by atoms with Crippen molar-refractivity contribution in [1.82, 2.24) is 10.2 Å². The maximum Gasteiger partial charge on any atom is 0.157 e. The van der Waals surface area contributed by atoms with Crippen molar-refractivity contribution < 1.29 is 4.39 Å². The lowest BCUT2D eigenvalue weighted by Gasteiger charge is -2.00. The average molecular weight is 161 g/mol. The Balaban J connectivity index is 3.03. The van der Waals surface area contributed by atoms with Crippen LogP contribution in [0.4, 0.5) is 4.39 Å². The summed E-state index contributed by atoms with van der Waals surface area (Å²) in [6, 6.07) is 1.51. The van der Waals surface area contributed by atoms with Gasteiger partial charge in [0.15, 0.2) is 5.15 Å². The van der Waals surface area contributed by atoms with Gasteiger partial charge >= 0.3 is 0 Å². The molecular weight excluding hydrogens is 155 g/mol. The SMILES string of the molecule is CC(F)c1ccnnc1Cl. The van der Waals surface area contributed by atoms with E-state index in [1.807, 2.05) is 0 Å². The molecule has 1 unspecified atom stereocenters. The molecule has 10 heavy (non-hydrogen) atoms. The lowest BCUT2D eigenvalue weighted by atomic mass is 10.2. The Hall–Kier alpha value is -0.700. The highest BCUT2D eigenvalue weighted by Crippen LogP contribution is 2.21. The van der Waals surface area contributed by atoms with Crippen molar-refractivity contribution in [3.05, 3.63) is 23.0 Å². The fourth-order valence-electron chi connectivity index (χ4n) is 0.621. The van der Waals surface area contributed by atoms with Crippen LogP contribution in [0, 0.1) is 0 Å². The van der Waals surface area contributed by atoms with Crippen LogP contribution >= 0.6 is 11.6 Å². The minimum Gasteiger partial charge on any atom is -0.242 e. The third-order valence-electron chi connectivity index (χ3n) is 1.13. The average Bonchev–Trinajstić information content (AvgIpc) is 1.88. The zero-order chi connectivity index (χ0) is 7.56. The van der Waals surface area contributed by atoms with Crippen LogP contribution in [0.5, 0.6) is 0 Å². The van der Waals surface area contributed by atoms with E-state index in [0.29, 0.717) is 5.56 Å². The molecule has 1 heterocycles. The van der Waals surface area contributed by atoms with E-state index in [9.17, 15) is 4.39 Å². The molecule has 0 saturated heterocycles. The van der Waals surface area contributed by atoms with Gasteiger partial charge in [0, 0.05) is 5.56 Å². The summed E-state index contributed by atoms with van der Waals surface area (Å²) >= 11 is 5.51. The van der Waals surface area contributed by atoms with Gasteiger partial charge < -0.3 is 0 Å². The normalized spacial score (nSPS) is 13.1. The van der Waals surface area contributed by atoms with E-state index in [1.54, 1.807) is 0 Å². The third kappa shape index (κ3) is 1.42. The van der Waals surface area contributed by atoms with Crippen molar-refractivity contribution in [2.75, 3.05) is 0 Å². The molecule has 1 aromatic rings. The number of halogens is 2. The van der Waals surface area contributed by atoms with Gasteiger partial charge in [-0.1, -0.05) is 11.6 Å². The molecule has 0 aromatic carbocycles. The highest BCUT2D eigenvalue weighted by atomic mass is 35.5. The Bertz CT molecular complexity index is 227. The van der Waals surface area contributed by atoms with Crippen LogP contribution in [0.3, 0.4) is 0 Å². The van der Waals surface area contributed by atoms with Crippen LogP contribution in [-0.2, 0) is 0 Å². The summed E-state index contributed by atoms with van der Waals surface area (Å²) in [7, 11) is 0. The van der Waals surface area contributed by atoms with Crippen LogP contribution in [0.1, 0.15) is 18.7 Å². The van der Waals surface area contributed by atoms with Crippen molar-refractivity contribution in [1.29, 1.82) is 0 Å². The second kappa shape index (κ2) is 2.92. The van der Waals surface area contributed by atoms with E-state index in [4.69, 9.17) is 11.6 Å². The van der Waals surface area contributed by atoms with Gasteiger partial charge in [0.2, 0.25) is 0 Å². The first-order valence-corrected chi connectivity index (χ1v) is 3.21. The smallest absolute Gasteiger partial charge is 0.157 e. The highest BCUT2D eigenvalue weighted by Gasteiger charge is 2.07. The van der Waals surface area contributed by atoms with Crippen molar-refractivity contribution in [2.45, 2.75) is 13.1 Å². The fraction of sp³-hybridized carbons (Fsp3) is 0.333. The maximum atomic E-state index is 12.5. The molecule has 4 heteroatoms. The minimum absolute atomic E-state index is 0.137. The number of hydrogen-bond acceptors (Lipinski definition) is 2. The van der Waals surface area contributed by atoms with Gasteiger partial charge in [0.1, 0.15) is 6.17 Å². The van der Waals surface area contributed by atoms with Crippen molar-refractivity contribution in [3.8, 4) is 0 Å². The molecule has 1 rings (SSSR count). The van der Waals surface area contributed by atoms with E-state index >= 15 is 0 Å². The summed E-state index contributed by atoms with van der Waals surface area (Å²) in [6.45, 7) is 1.41. The molecule has 1 aromatic heterocycles. The monoisotopic (exact) mass is 160 g/mol. The van der Waals surface area contributed by atoms with Gasteiger partial charge in [-0.25, -0.2) is 4.39 Å². The molecular formula is C6H6ClFN2. The van der Waals surface area contributed by atoms with Gasteiger partial charge in [-0.15, -0.1) is 5.10 Å². The van der Waals surface area contributed by atoms with E-state index in [2.05, 4.69) is 10.2 Å². The van der Waals surface area contributed by atoms with Gasteiger partial charge in [-0.05, 0) is 13.0 Å². The van der Waals surface area contributed by atoms with Crippen molar-refractivity contribution in [3.63, 3.8) is 0 Å². The number of rotatable bonds is 1. The van der Waals surface area contributed by atoms with Crippen LogP contribution in [-0.4, -0.2) is 10.2 Å². The fourth-order valence-corrected chi connectivity index (χ4v) is 0.878. The van der Waals surface area contributed by atoms with Gasteiger partial charge in [-0.2, -0.15) is 5.10 Å².